The molecular weight excluding hydrogens is 634 g/mol. The molecule has 218 valence electrons. The minimum atomic E-state index is -0.703. The lowest BCUT2D eigenvalue weighted by atomic mass is 10.1. The average Bonchev–Trinajstić information content (AvgIpc) is 3.24. The first-order valence-electron chi connectivity index (χ1n) is 12.1. The van der Waals surface area contributed by atoms with Crippen LogP contribution in [0.15, 0.2) is 45.0 Å². The predicted molar refractivity (Wildman–Crippen MR) is 162 cm³/mol. The molecule has 3 aromatic rings. The van der Waals surface area contributed by atoms with E-state index >= 15 is 0 Å². The van der Waals surface area contributed by atoms with Crippen LogP contribution in [-0.4, -0.2) is 39.6 Å². The van der Waals surface area contributed by atoms with Crippen molar-refractivity contribution in [1.29, 1.82) is 0 Å². The summed E-state index contributed by atoms with van der Waals surface area (Å²) in [4.78, 5) is 40.3. The van der Waals surface area contributed by atoms with Crippen molar-refractivity contribution in [2.45, 2.75) is 50.2 Å². The number of fused-ring (bicyclic) bond motifs is 1. The SMILES string of the molecule is C#CC(C)(C)NC(=O)c1cc(Cl)cc(Cl)c1.COC(=O)CSc1cc(N=c2sc(=O)n3n2CCCC3)c(F)cc1Cl. The molecule has 1 N–H and O–H groups in total. The highest BCUT2D eigenvalue weighted by molar-refractivity contribution is 8.00. The van der Waals surface area contributed by atoms with Crippen molar-refractivity contribution < 1.29 is 18.7 Å². The molecule has 2 heterocycles. The number of nitrogens with zero attached hydrogens (tertiary/aromatic N) is 3. The summed E-state index contributed by atoms with van der Waals surface area (Å²) in [5, 5.41) is 3.71. The Bertz CT molecular complexity index is 1610. The molecule has 0 unspecified atom stereocenters. The van der Waals surface area contributed by atoms with Crippen LogP contribution < -0.4 is 15.0 Å². The number of terminal acetylenes is 1. The van der Waals surface area contributed by atoms with Gasteiger partial charge in [-0.2, -0.15) is 0 Å². The third-order valence-electron chi connectivity index (χ3n) is 5.59. The fraction of sp³-hybridized carbons (Fsp3) is 0.333. The highest BCUT2D eigenvalue weighted by atomic mass is 35.5. The number of carbonyl (C=O) groups excluding carboxylic acids is 2. The number of methoxy groups -OCH3 is 1. The van der Waals surface area contributed by atoms with E-state index in [1.807, 2.05) is 0 Å². The number of benzene rings is 2. The van der Waals surface area contributed by atoms with E-state index in [0.717, 1.165) is 42.0 Å². The molecule has 1 aliphatic heterocycles. The van der Waals surface area contributed by atoms with E-state index in [1.54, 1.807) is 29.3 Å². The third kappa shape index (κ3) is 9.12. The van der Waals surface area contributed by atoms with Gasteiger partial charge < -0.3 is 10.1 Å². The number of ether oxygens (including phenoxy) is 1. The highest BCUT2D eigenvalue weighted by Crippen LogP contribution is 2.33. The van der Waals surface area contributed by atoms with Crippen LogP contribution in [0, 0.1) is 18.2 Å². The molecule has 41 heavy (non-hydrogen) atoms. The fourth-order valence-electron chi connectivity index (χ4n) is 3.51. The first-order valence-corrected chi connectivity index (χ1v) is 15.1. The summed E-state index contributed by atoms with van der Waals surface area (Å²) in [6.07, 6.45) is 7.17. The quantitative estimate of drug-likeness (QED) is 0.201. The standard InChI is InChI=1S/C15H15ClFN3O3S2.C12H11Cl2NO/c1-23-13(21)8-24-12-7-11(10(17)6-9(12)16)18-14-19-4-2-3-5-20(19)15(22)25-14;1-4-12(2,3)15-11(16)8-5-9(13)7-10(14)6-8/h6-7H,2-5,8H2,1H3;1,5-7H,2-3H3,(H,15,16). The first kappa shape index (κ1) is 32.8. The van der Waals surface area contributed by atoms with E-state index in [1.165, 1.54) is 25.3 Å². The minimum absolute atomic E-state index is 0.0605. The molecule has 14 heteroatoms. The first-order chi connectivity index (χ1) is 19.3. The molecule has 8 nitrogen and oxygen atoms in total. The molecule has 0 bridgehead atoms. The van der Waals surface area contributed by atoms with Gasteiger partial charge in [-0.3, -0.25) is 19.1 Å². The zero-order valence-electron chi connectivity index (χ0n) is 22.3. The van der Waals surface area contributed by atoms with Gasteiger partial charge in [-0.05, 0) is 68.4 Å². The van der Waals surface area contributed by atoms with Crippen molar-refractivity contribution in [2.75, 3.05) is 12.9 Å². The van der Waals surface area contributed by atoms with Gasteiger partial charge in [0, 0.05) is 33.6 Å². The van der Waals surface area contributed by atoms with E-state index in [2.05, 4.69) is 21.0 Å². The second-order valence-electron chi connectivity index (χ2n) is 9.20. The van der Waals surface area contributed by atoms with Crippen molar-refractivity contribution in [3.63, 3.8) is 0 Å². The van der Waals surface area contributed by atoms with Gasteiger partial charge in [0.15, 0.2) is 0 Å². The van der Waals surface area contributed by atoms with Crippen molar-refractivity contribution in [2.24, 2.45) is 4.99 Å². The van der Waals surface area contributed by atoms with Crippen LogP contribution >= 0.6 is 57.9 Å². The number of rotatable bonds is 6. The Morgan fingerprint density at radius 1 is 1.15 bits per heavy atom. The molecule has 2 aromatic carbocycles. The van der Waals surface area contributed by atoms with Crippen LogP contribution in [-0.2, 0) is 22.6 Å². The summed E-state index contributed by atoms with van der Waals surface area (Å²) in [5.74, 6) is 1.25. The summed E-state index contributed by atoms with van der Waals surface area (Å²) in [6, 6.07) is 7.28. The Labute approximate surface area is 259 Å². The highest BCUT2D eigenvalue weighted by Gasteiger charge is 2.19. The largest absolute Gasteiger partial charge is 0.468 e. The van der Waals surface area contributed by atoms with Crippen LogP contribution in [0.1, 0.15) is 37.0 Å². The molecule has 0 spiro atoms. The molecule has 0 radical (unpaired) electrons. The third-order valence-corrected chi connectivity index (χ3v) is 8.35. The molecule has 1 aliphatic rings. The number of carbonyl (C=O) groups is 2. The van der Waals surface area contributed by atoms with Crippen LogP contribution in [0.3, 0.4) is 0 Å². The summed E-state index contributed by atoms with van der Waals surface area (Å²) in [7, 11) is 1.30. The fourth-order valence-corrected chi connectivity index (χ4v) is 6.02. The molecular formula is C27H26Cl3FN4O4S2. The predicted octanol–water partition coefficient (Wildman–Crippen LogP) is 5.93. The lowest BCUT2D eigenvalue weighted by molar-refractivity contribution is -0.137. The van der Waals surface area contributed by atoms with Gasteiger partial charge in [0.25, 0.3) is 5.91 Å². The van der Waals surface area contributed by atoms with E-state index in [4.69, 9.17) is 41.2 Å². The molecule has 0 aliphatic carbocycles. The summed E-state index contributed by atoms with van der Waals surface area (Å²) in [5.41, 5.74) is -0.230. The van der Waals surface area contributed by atoms with Crippen molar-refractivity contribution in [3.8, 4) is 12.3 Å². The van der Waals surface area contributed by atoms with E-state index in [9.17, 15) is 18.8 Å². The average molecular weight is 660 g/mol. The maximum atomic E-state index is 14.3. The number of aromatic nitrogens is 2. The summed E-state index contributed by atoms with van der Waals surface area (Å²) >= 11 is 19.8. The Kier molecular flexibility index (Phi) is 11.5. The van der Waals surface area contributed by atoms with E-state index in [-0.39, 0.29) is 27.2 Å². The zero-order valence-corrected chi connectivity index (χ0v) is 26.2. The number of halogens is 4. The van der Waals surface area contributed by atoms with Gasteiger partial charge in [0.05, 0.1) is 23.4 Å². The topological polar surface area (TPSA) is 94.7 Å². The zero-order chi connectivity index (χ0) is 30.3. The van der Waals surface area contributed by atoms with Crippen LogP contribution in [0.5, 0.6) is 0 Å². The maximum absolute atomic E-state index is 14.3. The summed E-state index contributed by atoms with van der Waals surface area (Å²) < 4.78 is 22.3. The minimum Gasteiger partial charge on any atom is -0.468 e. The number of esters is 1. The smallest absolute Gasteiger partial charge is 0.325 e. The molecule has 0 saturated heterocycles. The number of nitrogens with one attached hydrogen (secondary N) is 1. The van der Waals surface area contributed by atoms with Crippen molar-refractivity contribution >= 4 is 75.5 Å². The van der Waals surface area contributed by atoms with Gasteiger partial charge in [-0.25, -0.2) is 14.1 Å². The van der Waals surface area contributed by atoms with E-state index in [0.29, 0.717) is 38.4 Å². The van der Waals surface area contributed by atoms with Gasteiger partial charge >= 0.3 is 10.8 Å². The maximum Gasteiger partial charge on any atom is 0.325 e. The molecule has 1 aromatic heterocycles. The molecule has 0 atom stereocenters. The normalized spacial score (nSPS) is 13.0. The van der Waals surface area contributed by atoms with Crippen LogP contribution in [0.25, 0.3) is 0 Å². The Hall–Kier alpha value is -2.75. The number of hydrogen-bond donors (Lipinski definition) is 1. The van der Waals surface area contributed by atoms with Crippen molar-refractivity contribution in [3.05, 3.63) is 71.2 Å². The second-order valence-corrected chi connectivity index (χ2v) is 12.4. The molecule has 0 fully saturated rings. The van der Waals surface area contributed by atoms with Gasteiger partial charge in [0.1, 0.15) is 11.5 Å². The lowest BCUT2D eigenvalue weighted by Crippen LogP contribution is -2.42. The van der Waals surface area contributed by atoms with Gasteiger partial charge in [0.2, 0.25) is 4.80 Å². The Balaban J connectivity index is 0.000000250. The van der Waals surface area contributed by atoms with Gasteiger partial charge in [-0.15, -0.1) is 18.2 Å². The number of hydrogen-bond acceptors (Lipinski definition) is 7. The van der Waals surface area contributed by atoms with Crippen LogP contribution in [0.2, 0.25) is 15.1 Å². The van der Waals surface area contributed by atoms with Crippen molar-refractivity contribution in [1.82, 2.24) is 14.7 Å². The summed E-state index contributed by atoms with van der Waals surface area (Å²) in [6.45, 7) is 4.79. The molecule has 1 amide bonds. The number of thioether (sulfide) groups is 1. The van der Waals surface area contributed by atoms with Crippen LogP contribution in [0.4, 0.5) is 10.1 Å². The Morgan fingerprint density at radius 3 is 2.39 bits per heavy atom. The monoisotopic (exact) mass is 658 g/mol. The lowest BCUT2D eigenvalue weighted by Gasteiger charge is -2.19. The Morgan fingerprint density at radius 2 is 1.78 bits per heavy atom. The molecule has 0 saturated carbocycles. The molecule has 4 rings (SSSR count). The second kappa shape index (κ2) is 14.4. The van der Waals surface area contributed by atoms with Gasteiger partial charge in [-0.1, -0.05) is 40.7 Å². The number of amides is 1. The van der Waals surface area contributed by atoms with E-state index < -0.39 is 17.3 Å².